The average molecular weight is 634 g/mol. The van der Waals surface area contributed by atoms with E-state index in [-0.39, 0.29) is 11.5 Å². The zero-order valence-corrected chi connectivity index (χ0v) is 23.7. The number of nitrogens with zero attached hydrogens (tertiary/aromatic N) is 3. The van der Waals surface area contributed by atoms with E-state index in [9.17, 15) is 40.7 Å². The average Bonchev–Trinajstić information content (AvgIpc) is 3.10. The summed E-state index contributed by atoms with van der Waals surface area (Å²) < 4.78 is 78.3. The zero-order chi connectivity index (χ0) is 32.8. The first kappa shape index (κ1) is 33.1. The van der Waals surface area contributed by atoms with Gasteiger partial charge in [-0.25, -0.2) is 9.98 Å². The smallest absolute Gasteiger partial charge is 0.369 e. The second-order valence-electron chi connectivity index (χ2n) is 10.4. The third-order valence-electron chi connectivity index (χ3n) is 7.22. The summed E-state index contributed by atoms with van der Waals surface area (Å²) >= 11 is 0. The fourth-order valence-corrected chi connectivity index (χ4v) is 5.15. The van der Waals surface area contributed by atoms with Gasteiger partial charge in [-0.15, -0.1) is 0 Å². The highest BCUT2D eigenvalue weighted by molar-refractivity contribution is 6.21. The summed E-state index contributed by atoms with van der Waals surface area (Å²) in [5.41, 5.74) is 7.07. The van der Waals surface area contributed by atoms with E-state index in [1.807, 2.05) is 0 Å². The van der Waals surface area contributed by atoms with E-state index in [1.165, 1.54) is 17.2 Å². The number of pyridine rings is 1. The Bertz CT molecular complexity index is 1530. The van der Waals surface area contributed by atoms with Crippen molar-refractivity contribution in [3.05, 3.63) is 90.1 Å². The minimum atomic E-state index is -4.75. The second-order valence-corrected chi connectivity index (χ2v) is 10.4. The molecule has 1 aromatic heterocycles. The SMILES string of the molecule is NC(=O)C(CCCC(F)(F)F)C(CCC(F)(F)F)C(=O)NC1N=C(c2ccccc2)c2ccccc2N(c2ccccn2)C1=O. The van der Waals surface area contributed by atoms with Crippen LogP contribution in [0.2, 0.25) is 0 Å². The molecule has 8 nitrogen and oxygen atoms in total. The Morgan fingerprint density at radius 1 is 0.844 bits per heavy atom. The fourth-order valence-electron chi connectivity index (χ4n) is 5.15. The first-order chi connectivity index (χ1) is 21.2. The van der Waals surface area contributed by atoms with Crippen LogP contribution in [0.15, 0.2) is 84.0 Å². The molecule has 3 unspecified atom stereocenters. The maximum absolute atomic E-state index is 14.1. The lowest BCUT2D eigenvalue weighted by atomic mass is 9.83. The standard InChI is InChI=1S/C31H29F6N5O3/c32-30(33,34)16-8-12-20(26(38)43)21(15-17-31(35,36)37)28(44)41-27-29(45)42(24-14-6-7-18-39-24)23-13-5-4-11-22(23)25(40-27)19-9-2-1-3-10-19/h1-7,9-11,13-14,18,20-21,27H,8,12,15-17H2,(H2,38,43)(H,41,44). The molecular weight excluding hydrogens is 604 g/mol. The van der Waals surface area contributed by atoms with Gasteiger partial charge in [0.25, 0.3) is 5.91 Å². The molecule has 238 valence electrons. The Morgan fingerprint density at radius 2 is 1.49 bits per heavy atom. The number of anilines is 2. The van der Waals surface area contributed by atoms with Crippen molar-refractivity contribution in [3.8, 4) is 0 Å². The fraction of sp³-hybridized carbons (Fsp3) is 0.323. The van der Waals surface area contributed by atoms with E-state index in [0.717, 1.165) is 0 Å². The number of benzodiazepines with no additional fused rings is 1. The van der Waals surface area contributed by atoms with E-state index < -0.39 is 80.2 Å². The number of rotatable bonds is 11. The summed E-state index contributed by atoms with van der Waals surface area (Å²) in [6.07, 6.45) is -14.7. The van der Waals surface area contributed by atoms with Crippen molar-refractivity contribution in [2.24, 2.45) is 22.6 Å². The van der Waals surface area contributed by atoms with Crippen LogP contribution in [0.1, 0.15) is 43.2 Å². The van der Waals surface area contributed by atoms with Crippen molar-refractivity contribution in [2.75, 3.05) is 4.90 Å². The number of hydrogen-bond donors (Lipinski definition) is 2. The monoisotopic (exact) mass is 633 g/mol. The maximum atomic E-state index is 14.1. The van der Waals surface area contributed by atoms with E-state index in [1.54, 1.807) is 66.7 Å². The first-order valence-electron chi connectivity index (χ1n) is 14.0. The van der Waals surface area contributed by atoms with Crippen LogP contribution in [-0.4, -0.2) is 46.9 Å². The molecule has 3 amide bonds. The molecule has 0 saturated heterocycles. The lowest BCUT2D eigenvalue weighted by Crippen LogP contribution is -2.50. The number of primary amides is 1. The molecule has 1 aliphatic heterocycles. The van der Waals surface area contributed by atoms with Gasteiger partial charge in [-0.1, -0.05) is 54.6 Å². The molecule has 2 heterocycles. The van der Waals surface area contributed by atoms with Gasteiger partial charge in [0.2, 0.25) is 18.0 Å². The van der Waals surface area contributed by atoms with Crippen molar-refractivity contribution in [1.29, 1.82) is 0 Å². The summed E-state index contributed by atoms with van der Waals surface area (Å²) in [6, 6.07) is 20.1. The number of benzene rings is 2. The van der Waals surface area contributed by atoms with E-state index in [0.29, 0.717) is 16.8 Å². The molecule has 3 atom stereocenters. The largest absolute Gasteiger partial charge is 0.389 e. The van der Waals surface area contributed by atoms with Gasteiger partial charge in [-0.05, 0) is 37.5 Å². The molecule has 2 aromatic carbocycles. The van der Waals surface area contributed by atoms with Gasteiger partial charge in [0.1, 0.15) is 5.82 Å². The molecule has 0 fully saturated rings. The van der Waals surface area contributed by atoms with Crippen LogP contribution < -0.4 is 16.0 Å². The van der Waals surface area contributed by atoms with E-state index >= 15 is 0 Å². The van der Waals surface area contributed by atoms with Crippen LogP contribution in [0, 0.1) is 11.8 Å². The Kier molecular flexibility index (Phi) is 10.2. The van der Waals surface area contributed by atoms with Gasteiger partial charge < -0.3 is 11.1 Å². The number of carbonyl (C=O) groups is 3. The van der Waals surface area contributed by atoms with Gasteiger partial charge in [0.15, 0.2) is 0 Å². The van der Waals surface area contributed by atoms with Gasteiger partial charge in [0, 0.05) is 42.0 Å². The summed E-state index contributed by atoms with van der Waals surface area (Å²) in [5.74, 6) is -6.54. The van der Waals surface area contributed by atoms with Crippen molar-refractivity contribution >= 4 is 34.9 Å². The molecule has 14 heteroatoms. The van der Waals surface area contributed by atoms with Crippen LogP contribution in [0.5, 0.6) is 0 Å². The highest BCUT2D eigenvalue weighted by Crippen LogP contribution is 2.35. The van der Waals surface area contributed by atoms with Crippen LogP contribution in [0.25, 0.3) is 0 Å². The molecular formula is C31H29F6N5O3. The number of nitrogens with one attached hydrogen (secondary N) is 1. The second kappa shape index (κ2) is 13.9. The number of aliphatic imine (C=N–C) groups is 1. The van der Waals surface area contributed by atoms with Crippen molar-refractivity contribution < 1.29 is 40.7 Å². The lowest BCUT2D eigenvalue weighted by molar-refractivity contribution is -0.147. The van der Waals surface area contributed by atoms with E-state index in [4.69, 9.17) is 5.73 Å². The molecule has 1 aliphatic rings. The Balaban J connectivity index is 1.77. The Morgan fingerprint density at radius 3 is 2.11 bits per heavy atom. The number of fused-ring (bicyclic) bond motifs is 1. The zero-order valence-electron chi connectivity index (χ0n) is 23.7. The minimum Gasteiger partial charge on any atom is -0.369 e. The molecule has 3 N–H and O–H groups in total. The molecule has 0 saturated carbocycles. The Hall–Kier alpha value is -4.75. The molecule has 0 radical (unpaired) electrons. The number of para-hydroxylation sites is 1. The molecule has 4 rings (SSSR count). The third-order valence-corrected chi connectivity index (χ3v) is 7.22. The Labute approximate surface area is 254 Å². The number of nitrogens with two attached hydrogens (primary N) is 1. The summed E-state index contributed by atoms with van der Waals surface area (Å²) in [4.78, 5) is 50.2. The quantitative estimate of drug-likeness (QED) is 0.258. The molecule has 0 aliphatic carbocycles. The number of halogens is 6. The number of carbonyl (C=O) groups excluding carboxylic acids is 3. The first-order valence-corrected chi connectivity index (χ1v) is 14.0. The topological polar surface area (TPSA) is 118 Å². The van der Waals surface area contributed by atoms with Gasteiger partial charge in [0.05, 0.1) is 11.4 Å². The normalized spacial score (nSPS) is 16.7. The number of hydrogen-bond acceptors (Lipinski definition) is 5. The number of alkyl halides is 6. The maximum Gasteiger partial charge on any atom is 0.389 e. The van der Waals surface area contributed by atoms with E-state index in [2.05, 4.69) is 15.3 Å². The number of amides is 3. The molecule has 3 aromatic rings. The van der Waals surface area contributed by atoms with Crippen molar-refractivity contribution in [1.82, 2.24) is 10.3 Å². The van der Waals surface area contributed by atoms with Gasteiger partial charge in [-0.2, -0.15) is 26.3 Å². The van der Waals surface area contributed by atoms with Crippen LogP contribution >= 0.6 is 0 Å². The van der Waals surface area contributed by atoms with Gasteiger partial charge in [-0.3, -0.25) is 19.3 Å². The highest BCUT2D eigenvalue weighted by atomic mass is 19.4. The summed E-state index contributed by atoms with van der Waals surface area (Å²) in [5, 5.41) is 2.38. The predicted molar refractivity (Wildman–Crippen MR) is 153 cm³/mol. The molecule has 0 spiro atoms. The summed E-state index contributed by atoms with van der Waals surface area (Å²) in [7, 11) is 0. The van der Waals surface area contributed by atoms with Gasteiger partial charge >= 0.3 is 12.4 Å². The lowest BCUT2D eigenvalue weighted by Gasteiger charge is -2.28. The minimum absolute atomic E-state index is 0.162. The number of aromatic nitrogens is 1. The molecule has 0 bridgehead atoms. The van der Waals surface area contributed by atoms with Crippen LogP contribution in [0.3, 0.4) is 0 Å². The highest BCUT2D eigenvalue weighted by Gasteiger charge is 2.40. The third kappa shape index (κ3) is 8.67. The van der Waals surface area contributed by atoms with Crippen molar-refractivity contribution in [2.45, 2.75) is 50.6 Å². The predicted octanol–water partition coefficient (Wildman–Crippen LogP) is 5.83. The van der Waals surface area contributed by atoms with Crippen LogP contribution in [0.4, 0.5) is 37.8 Å². The van der Waals surface area contributed by atoms with Crippen molar-refractivity contribution in [3.63, 3.8) is 0 Å². The molecule has 45 heavy (non-hydrogen) atoms. The van der Waals surface area contributed by atoms with Crippen LogP contribution in [-0.2, 0) is 14.4 Å². The summed E-state index contributed by atoms with van der Waals surface area (Å²) in [6.45, 7) is 0.